The third-order valence-corrected chi connectivity index (χ3v) is 7.07. The van der Waals surface area contributed by atoms with Gasteiger partial charge in [-0.2, -0.15) is 0 Å². The highest BCUT2D eigenvalue weighted by Gasteiger charge is 2.60. The smallest absolute Gasteiger partial charge is 0.266 e. The van der Waals surface area contributed by atoms with E-state index in [1.807, 2.05) is 79.7 Å². The summed E-state index contributed by atoms with van der Waals surface area (Å²) in [5.74, 6) is -1.62. The molecule has 0 spiro atoms. The summed E-state index contributed by atoms with van der Waals surface area (Å²) in [5, 5.41) is 1.60. The Balaban J connectivity index is 1.38. The zero-order chi connectivity index (χ0) is 27.6. The summed E-state index contributed by atoms with van der Waals surface area (Å²) < 4.78 is 26.7. The van der Waals surface area contributed by atoms with Crippen LogP contribution in [0, 0.1) is 11.7 Å². The Bertz CT molecular complexity index is 1530. The van der Waals surface area contributed by atoms with Gasteiger partial charge < -0.3 is 9.47 Å². The van der Waals surface area contributed by atoms with Gasteiger partial charge >= 0.3 is 0 Å². The molecule has 3 unspecified atom stereocenters. The second-order valence-electron chi connectivity index (χ2n) is 9.53. The van der Waals surface area contributed by atoms with E-state index in [1.165, 1.54) is 18.2 Å². The number of nitrogens with zero attached hydrogens (tertiary/aromatic N) is 2. The number of rotatable bonds is 8. The van der Waals surface area contributed by atoms with Gasteiger partial charge in [0, 0.05) is 0 Å². The number of halogens is 1. The van der Waals surface area contributed by atoms with Crippen LogP contribution in [-0.2, 0) is 21.0 Å². The number of amides is 2. The molecule has 2 heterocycles. The first kappa shape index (κ1) is 25.6. The molecule has 3 atom stereocenters. The van der Waals surface area contributed by atoms with Crippen molar-refractivity contribution in [3.63, 3.8) is 0 Å². The van der Waals surface area contributed by atoms with Crippen LogP contribution in [0.25, 0.3) is 0 Å². The number of fused-ring (bicyclic) bond motifs is 1. The van der Waals surface area contributed by atoms with Gasteiger partial charge in [-0.25, -0.2) is 14.4 Å². The first-order valence-electron chi connectivity index (χ1n) is 13.1. The van der Waals surface area contributed by atoms with Crippen molar-refractivity contribution in [1.82, 2.24) is 0 Å². The van der Waals surface area contributed by atoms with E-state index in [2.05, 4.69) is 0 Å². The number of ether oxygens (including phenoxy) is 2. The Kier molecular flexibility index (Phi) is 6.92. The molecule has 4 aromatic carbocycles. The van der Waals surface area contributed by atoms with Crippen LogP contribution < -0.4 is 19.4 Å². The van der Waals surface area contributed by atoms with Crippen molar-refractivity contribution < 1.29 is 28.3 Å². The van der Waals surface area contributed by atoms with Crippen molar-refractivity contribution >= 4 is 23.2 Å². The van der Waals surface area contributed by atoms with Crippen LogP contribution >= 0.6 is 0 Å². The van der Waals surface area contributed by atoms with Gasteiger partial charge in [0.2, 0.25) is 5.91 Å². The van der Waals surface area contributed by atoms with E-state index in [0.717, 1.165) is 10.5 Å². The van der Waals surface area contributed by atoms with E-state index in [0.29, 0.717) is 36.0 Å². The van der Waals surface area contributed by atoms with Crippen molar-refractivity contribution in [2.75, 3.05) is 16.6 Å². The maximum atomic E-state index is 14.7. The maximum absolute atomic E-state index is 14.7. The van der Waals surface area contributed by atoms with Crippen molar-refractivity contribution in [2.45, 2.75) is 25.7 Å². The number of anilines is 2. The zero-order valence-corrected chi connectivity index (χ0v) is 21.8. The molecule has 2 saturated heterocycles. The highest BCUT2D eigenvalue weighted by atomic mass is 19.1. The molecule has 6 rings (SSSR count). The standard InChI is InChI=1S/C32H27FN2O5/c1-2-38-27-19-22(17-18-26(27)39-20-21-11-5-3-6-12-21)29-28-30(40-35(29)23-13-7-4-8-14-23)32(37)34(31(28)36)25-16-10-9-15-24(25)33/h3-19,28-30H,2,20H2,1H3. The van der Waals surface area contributed by atoms with Crippen molar-refractivity contribution in [3.8, 4) is 11.5 Å². The fourth-order valence-corrected chi connectivity index (χ4v) is 5.25. The van der Waals surface area contributed by atoms with Gasteiger partial charge in [0.15, 0.2) is 17.6 Å². The summed E-state index contributed by atoms with van der Waals surface area (Å²) in [5.41, 5.74) is 2.31. The van der Waals surface area contributed by atoms with Crippen LogP contribution in [0.1, 0.15) is 24.1 Å². The highest BCUT2D eigenvalue weighted by Crippen LogP contribution is 2.49. The van der Waals surface area contributed by atoms with E-state index in [4.69, 9.17) is 14.3 Å². The molecule has 0 aliphatic carbocycles. The molecule has 0 saturated carbocycles. The predicted octanol–water partition coefficient (Wildman–Crippen LogP) is 5.85. The number of carbonyl (C=O) groups excluding carboxylic acids is 2. The Morgan fingerprint density at radius 3 is 2.23 bits per heavy atom. The number of para-hydroxylation sites is 2. The number of hydrogen-bond acceptors (Lipinski definition) is 6. The summed E-state index contributed by atoms with van der Waals surface area (Å²) in [7, 11) is 0. The van der Waals surface area contributed by atoms with Crippen LogP contribution in [-0.4, -0.2) is 24.5 Å². The van der Waals surface area contributed by atoms with Gasteiger partial charge in [0.25, 0.3) is 5.91 Å². The minimum atomic E-state index is -1.11. The van der Waals surface area contributed by atoms with Crippen LogP contribution in [0.2, 0.25) is 0 Å². The van der Waals surface area contributed by atoms with Crippen molar-refractivity contribution in [1.29, 1.82) is 0 Å². The number of carbonyl (C=O) groups is 2. The Morgan fingerprint density at radius 1 is 0.800 bits per heavy atom. The molecular weight excluding hydrogens is 511 g/mol. The number of benzene rings is 4. The molecule has 7 nitrogen and oxygen atoms in total. The van der Waals surface area contributed by atoms with Crippen molar-refractivity contribution in [2.24, 2.45) is 5.92 Å². The minimum absolute atomic E-state index is 0.0832. The lowest BCUT2D eigenvalue weighted by Crippen LogP contribution is -2.37. The molecule has 2 fully saturated rings. The lowest BCUT2D eigenvalue weighted by molar-refractivity contribution is -0.126. The molecule has 2 aliphatic heterocycles. The molecule has 2 aliphatic rings. The second-order valence-corrected chi connectivity index (χ2v) is 9.53. The van der Waals surface area contributed by atoms with Gasteiger partial charge in [-0.15, -0.1) is 0 Å². The molecule has 0 aromatic heterocycles. The van der Waals surface area contributed by atoms with Gasteiger partial charge in [-0.05, 0) is 54.4 Å². The normalized spacial score (nSPS) is 20.1. The van der Waals surface area contributed by atoms with Gasteiger partial charge in [-0.3, -0.25) is 14.4 Å². The topological polar surface area (TPSA) is 68.3 Å². The van der Waals surface area contributed by atoms with E-state index >= 15 is 0 Å². The molecule has 0 bridgehead atoms. The fourth-order valence-electron chi connectivity index (χ4n) is 5.25. The Hall–Kier alpha value is -4.69. The third kappa shape index (κ3) is 4.56. The molecule has 202 valence electrons. The Labute approximate surface area is 231 Å². The van der Waals surface area contributed by atoms with E-state index in [1.54, 1.807) is 17.2 Å². The van der Waals surface area contributed by atoms with E-state index in [-0.39, 0.29) is 5.69 Å². The lowest BCUT2D eigenvalue weighted by atomic mass is 9.90. The largest absolute Gasteiger partial charge is 0.490 e. The molecule has 8 heteroatoms. The van der Waals surface area contributed by atoms with Gasteiger partial charge in [0.1, 0.15) is 18.3 Å². The summed E-state index contributed by atoms with van der Waals surface area (Å²) >= 11 is 0. The van der Waals surface area contributed by atoms with Crippen LogP contribution in [0.15, 0.2) is 103 Å². The number of hydrogen-bond donors (Lipinski definition) is 0. The zero-order valence-electron chi connectivity index (χ0n) is 21.8. The first-order chi connectivity index (χ1) is 19.6. The first-order valence-corrected chi connectivity index (χ1v) is 13.1. The summed E-state index contributed by atoms with van der Waals surface area (Å²) in [6, 6.07) is 29.6. The fraction of sp³-hybridized carbons (Fsp3) is 0.188. The lowest BCUT2D eigenvalue weighted by Gasteiger charge is -2.29. The molecule has 40 heavy (non-hydrogen) atoms. The van der Waals surface area contributed by atoms with Crippen molar-refractivity contribution in [3.05, 3.63) is 120 Å². The van der Waals surface area contributed by atoms with Crippen LogP contribution in [0.3, 0.4) is 0 Å². The SMILES string of the molecule is CCOc1cc(C2C3C(=O)N(c4ccccc4F)C(=O)C3ON2c2ccccc2)ccc1OCc1ccccc1. The maximum Gasteiger partial charge on any atom is 0.266 e. The molecular formula is C32H27FN2O5. The van der Waals surface area contributed by atoms with Crippen LogP contribution in [0.4, 0.5) is 15.8 Å². The quantitative estimate of drug-likeness (QED) is 0.262. The number of imide groups is 1. The van der Waals surface area contributed by atoms with Crippen LogP contribution in [0.5, 0.6) is 11.5 Å². The molecule has 4 aromatic rings. The molecule has 0 radical (unpaired) electrons. The Morgan fingerprint density at radius 2 is 1.50 bits per heavy atom. The van der Waals surface area contributed by atoms with Gasteiger partial charge in [-0.1, -0.05) is 66.7 Å². The second kappa shape index (κ2) is 10.8. The summed E-state index contributed by atoms with van der Waals surface area (Å²) in [4.78, 5) is 34.4. The monoisotopic (exact) mass is 538 g/mol. The average molecular weight is 539 g/mol. The highest BCUT2D eigenvalue weighted by molar-refractivity contribution is 6.24. The third-order valence-electron chi connectivity index (χ3n) is 7.07. The number of hydroxylamine groups is 1. The predicted molar refractivity (Wildman–Crippen MR) is 147 cm³/mol. The van der Waals surface area contributed by atoms with E-state index < -0.39 is 35.7 Å². The van der Waals surface area contributed by atoms with E-state index in [9.17, 15) is 14.0 Å². The molecule has 0 N–H and O–H groups in total. The summed E-state index contributed by atoms with van der Waals surface area (Å²) in [6.07, 6.45) is -1.11. The minimum Gasteiger partial charge on any atom is -0.490 e. The molecule has 2 amide bonds. The van der Waals surface area contributed by atoms with Gasteiger partial charge in [0.05, 0.1) is 24.0 Å². The summed E-state index contributed by atoms with van der Waals surface area (Å²) in [6.45, 7) is 2.64. The average Bonchev–Trinajstić information content (AvgIpc) is 3.49.